The zero-order valence-electron chi connectivity index (χ0n) is 13.0. The fourth-order valence-corrected chi connectivity index (χ4v) is 2.82. The molecule has 0 radical (unpaired) electrons. The van der Waals surface area contributed by atoms with Crippen molar-refractivity contribution in [2.45, 2.75) is 0 Å². The van der Waals surface area contributed by atoms with E-state index in [4.69, 9.17) is 4.74 Å². The quantitative estimate of drug-likeness (QED) is 0.705. The molecule has 1 aromatic heterocycles. The number of ether oxygens (including phenoxy) is 1. The van der Waals surface area contributed by atoms with E-state index in [0.717, 1.165) is 17.7 Å². The second-order valence-corrected chi connectivity index (χ2v) is 5.80. The van der Waals surface area contributed by atoms with Crippen molar-refractivity contribution in [3.05, 3.63) is 59.5 Å². The predicted octanol–water partition coefficient (Wildman–Crippen LogP) is 4.74. The smallest absolute Gasteiger partial charge is 0.325 e. The zero-order chi connectivity index (χ0) is 17.8. The number of urea groups is 1. The van der Waals surface area contributed by atoms with Gasteiger partial charge in [-0.1, -0.05) is 18.2 Å². The average molecular weight is 361 g/mol. The molecular formula is C17H13F2N3O2S. The Kier molecular flexibility index (Phi) is 4.90. The third-order valence-corrected chi connectivity index (χ3v) is 4.05. The van der Waals surface area contributed by atoms with Crippen LogP contribution < -0.4 is 15.4 Å². The molecule has 2 N–H and O–H groups in total. The Labute approximate surface area is 146 Å². The lowest BCUT2D eigenvalue weighted by Crippen LogP contribution is -2.20. The molecule has 0 bridgehead atoms. The van der Waals surface area contributed by atoms with E-state index >= 15 is 0 Å². The highest BCUT2D eigenvalue weighted by Crippen LogP contribution is 2.27. The SMILES string of the molecule is COc1cccc(-c2csc(NC(=O)Nc3c(F)cccc3F)n2)c1. The van der Waals surface area contributed by atoms with E-state index in [2.05, 4.69) is 15.6 Å². The van der Waals surface area contributed by atoms with Gasteiger partial charge in [-0.3, -0.25) is 5.32 Å². The summed E-state index contributed by atoms with van der Waals surface area (Å²) in [6, 6.07) is 9.86. The molecule has 2 aromatic carbocycles. The van der Waals surface area contributed by atoms with E-state index in [1.807, 2.05) is 24.3 Å². The van der Waals surface area contributed by atoms with Crippen molar-refractivity contribution in [3.8, 4) is 17.0 Å². The molecule has 5 nitrogen and oxygen atoms in total. The third-order valence-electron chi connectivity index (χ3n) is 3.29. The van der Waals surface area contributed by atoms with Crippen LogP contribution in [0, 0.1) is 11.6 Å². The van der Waals surface area contributed by atoms with Crippen molar-refractivity contribution >= 4 is 28.2 Å². The number of carbonyl (C=O) groups excluding carboxylic acids is 1. The Bertz CT molecular complexity index is 894. The number of hydrogen-bond donors (Lipinski definition) is 2. The first-order valence-electron chi connectivity index (χ1n) is 7.19. The molecule has 3 aromatic rings. The molecule has 8 heteroatoms. The third kappa shape index (κ3) is 3.92. The molecule has 2 amide bonds. The standard InChI is InChI=1S/C17H13F2N3O2S/c1-24-11-5-2-4-10(8-11)14-9-25-17(20-14)22-16(23)21-15-12(18)6-3-7-13(15)19/h2-9H,1H3,(H2,20,21,22,23). The fourth-order valence-electron chi connectivity index (χ4n) is 2.11. The number of carbonyl (C=O) groups is 1. The van der Waals surface area contributed by atoms with E-state index in [-0.39, 0.29) is 0 Å². The van der Waals surface area contributed by atoms with Gasteiger partial charge in [0.05, 0.1) is 12.8 Å². The van der Waals surface area contributed by atoms with Gasteiger partial charge in [-0.05, 0) is 24.3 Å². The molecule has 1 heterocycles. The molecule has 3 rings (SSSR count). The van der Waals surface area contributed by atoms with E-state index < -0.39 is 23.4 Å². The number of para-hydroxylation sites is 1. The molecule has 0 unspecified atom stereocenters. The zero-order valence-corrected chi connectivity index (χ0v) is 13.9. The Morgan fingerprint density at radius 3 is 2.56 bits per heavy atom. The lowest BCUT2D eigenvalue weighted by atomic mass is 10.2. The summed E-state index contributed by atoms with van der Waals surface area (Å²) in [7, 11) is 1.57. The minimum absolute atomic E-state index is 0.298. The van der Waals surface area contributed by atoms with Crippen molar-refractivity contribution in [1.29, 1.82) is 0 Å². The predicted molar refractivity (Wildman–Crippen MR) is 93.1 cm³/mol. The van der Waals surface area contributed by atoms with Crippen LogP contribution in [0.1, 0.15) is 0 Å². The fraction of sp³-hybridized carbons (Fsp3) is 0.0588. The molecule has 0 aliphatic carbocycles. The van der Waals surface area contributed by atoms with Crippen LogP contribution in [0.15, 0.2) is 47.8 Å². The van der Waals surface area contributed by atoms with Crippen molar-refractivity contribution < 1.29 is 18.3 Å². The van der Waals surface area contributed by atoms with Crippen LogP contribution in [0.2, 0.25) is 0 Å². The highest BCUT2D eigenvalue weighted by Gasteiger charge is 2.13. The normalized spacial score (nSPS) is 10.4. The summed E-state index contributed by atoms with van der Waals surface area (Å²) in [4.78, 5) is 16.2. The average Bonchev–Trinajstić information content (AvgIpc) is 3.07. The maximum atomic E-state index is 13.5. The lowest BCUT2D eigenvalue weighted by molar-refractivity contribution is 0.262. The van der Waals surface area contributed by atoms with Gasteiger partial charge in [-0.15, -0.1) is 11.3 Å². The van der Waals surface area contributed by atoms with E-state index in [0.29, 0.717) is 16.6 Å². The topological polar surface area (TPSA) is 63.2 Å². The first-order valence-corrected chi connectivity index (χ1v) is 8.07. The first kappa shape index (κ1) is 16.8. The van der Waals surface area contributed by atoms with Crippen molar-refractivity contribution in [1.82, 2.24) is 4.98 Å². The van der Waals surface area contributed by atoms with E-state index in [1.54, 1.807) is 12.5 Å². The Balaban J connectivity index is 1.71. The molecule has 0 atom stereocenters. The molecule has 25 heavy (non-hydrogen) atoms. The number of methoxy groups -OCH3 is 1. The summed E-state index contributed by atoms with van der Waals surface area (Å²) >= 11 is 1.19. The van der Waals surface area contributed by atoms with Crippen LogP contribution in [0.5, 0.6) is 5.75 Å². The number of halogens is 2. The number of aromatic nitrogens is 1. The Hall–Kier alpha value is -3.00. The van der Waals surface area contributed by atoms with Gasteiger partial charge in [0.25, 0.3) is 0 Å². The molecule has 128 valence electrons. The largest absolute Gasteiger partial charge is 0.497 e. The van der Waals surface area contributed by atoms with Crippen molar-refractivity contribution in [3.63, 3.8) is 0 Å². The number of hydrogen-bond acceptors (Lipinski definition) is 4. The first-order chi connectivity index (χ1) is 12.1. The minimum Gasteiger partial charge on any atom is -0.497 e. The lowest BCUT2D eigenvalue weighted by Gasteiger charge is -2.07. The summed E-state index contributed by atoms with van der Waals surface area (Å²) in [5, 5.41) is 6.65. The van der Waals surface area contributed by atoms with Crippen LogP contribution in [0.25, 0.3) is 11.3 Å². The highest BCUT2D eigenvalue weighted by molar-refractivity contribution is 7.14. The summed E-state index contributed by atoms with van der Waals surface area (Å²) in [6.07, 6.45) is 0. The van der Waals surface area contributed by atoms with Gasteiger partial charge in [0, 0.05) is 10.9 Å². The Morgan fingerprint density at radius 2 is 1.84 bits per heavy atom. The maximum Gasteiger partial charge on any atom is 0.325 e. The van der Waals surface area contributed by atoms with Crippen LogP contribution in [0.3, 0.4) is 0 Å². The van der Waals surface area contributed by atoms with E-state index in [9.17, 15) is 13.6 Å². The van der Waals surface area contributed by atoms with Crippen LogP contribution in [0.4, 0.5) is 24.4 Å². The molecule has 0 fully saturated rings. The molecule has 0 saturated carbocycles. The van der Waals surface area contributed by atoms with Gasteiger partial charge in [-0.25, -0.2) is 18.6 Å². The number of amides is 2. The number of rotatable bonds is 4. The summed E-state index contributed by atoms with van der Waals surface area (Å²) < 4.78 is 32.2. The van der Waals surface area contributed by atoms with Gasteiger partial charge in [-0.2, -0.15) is 0 Å². The summed E-state index contributed by atoms with van der Waals surface area (Å²) in [5.41, 5.74) is 0.963. The second-order valence-electron chi connectivity index (χ2n) is 4.95. The summed E-state index contributed by atoms with van der Waals surface area (Å²) in [5.74, 6) is -1.02. The second kappa shape index (κ2) is 7.27. The Morgan fingerprint density at radius 1 is 1.12 bits per heavy atom. The number of nitrogens with one attached hydrogen (secondary N) is 2. The number of thiazole rings is 1. The highest BCUT2D eigenvalue weighted by atomic mass is 32.1. The molecule has 0 aliphatic rings. The number of anilines is 2. The molecule has 0 aliphatic heterocycles. The van der Waals surface area contributed by atoms with Crippen LogP contribution in [-0.4, -0.2) is 18.1 Å². The van der Waals surface area contributed by atoms with Gasteiger partial charge < -0.3 is 10.1 Å². The van der Waals surface area contributed by atoms with Gasteiger partial charge >= 0.3 is 6.03 Å². The molecular weight excluding hydrogens is 348 g/mol. The van der Waals surface area contributed by atoms with Gasteiger partial charge in [0.15, 0.2) is 5.13 Å². The minimum atomic E-state index is -0.855. The van der Waals surface area contributed by atoms with Crippen LogP contribution in [-0.2, 0) is 0 Å². The van der Waals surface area contributed by atoms with Gasteiger partial charge in [0.1, 0.15) is 23.1 Å². The molecule has 0 saturated heterocycles. The van der Waals surface area contributed by atoms with Crippen molar-refractivity contribution in [2.75, 3.05) is 17.7 Å². The monoisotopic (exact) mass is 361 g/mol. The maximum absolute atomic E-state index is 13.5. The molecule has 0 spiro atoms. The van der Waals surface area contributed by atoms with E-state index in [1.165, 1.54) is 17.4 Å². The number of nitrogens with zero attached hydrogens (tertiary/aromatic N) is 1. The van der Waals surface area contributed by atoms with Crippen LogP contribution >= 0.6 is 11.3 Å². The van der Waals surface area contributed by atoms with Gasteiger partial charge in [0.2, 0.25) is 0 Å². The van der Waals surface area contributed by atoms with Crippen molar-refractivity contribution in [2.24, 2.45) is 0 Å². The summed E-state index contributed by atoms with van der Waals surface area (Å²) in [6.45, 7) is 0. The number of benzene rings is 2.